The van der Waals surface area contributed by atoms with Crippen molar-refractivity contribution in [3.63, 3.8) is 0 Å². The highest BCUT2D eigenvalue weighted by Gasteiger charge is 2.52. The first-order valence-corrected chi connectivity index (χ1v) is 11.6. The summed E-state index contributed by atoms with van der Waals surface area (Å²) in [4.78, 5) is 12.0. The van der Waals surface area contributed by atoms with Gasteiger partial charge in [0.1, 0.15) is 5.60 Å². The highest BCUT2D eigenvalue weighted by Crippen LogP contribution is 2.36. The lowest BCUT2D eigenvalue weighted by molar-refractivity contribution is 0.00578. The molecule has 0 atom stereocenters. The number of thiol groups is 1. The summed E-state index contributed by atoms with van der Waals surface area (Å²) in [5.74, 6) is 0. The van der Waals surface area contributed by atoms with Crippen LogP contribution in [-0.4, -0.2) is 52.1 Å². The highest BCUT2D eigenvalue weighted by atomic mass is 32.1. The molecule has 1 N–H and O–H groups in total. The lowest BCUT2D eigenvalue weighted by Gasteiger charge is -2.32. The molecule has 1 amide bonds. The van der Waals surface area contributed by atoms with Crippen molar-refractivity contribution >= 4 is 31.3 Å². The van der Waals surface area contributed by atoms with E-state index in [4.69, 9.17) is 14.0 Å². The molecule has 0 radical (unpaired) electrons. The minimum Gasteiger partial charge on any atom is -0.444 e. The quantitative estimate of drug-likeness (QED) is 0.555. The molecule has 1 aliphatic heterocycles. The van der Waals surface area contributed by atoms with E-state index in [1.54, 1.807) is 6.26 Å². The first-order chi connectivity index (χ1) is 13.9. The Morgan fingerprint density at radius 1 is 1.17 bits per heavy atom. The van der Waals surface area contributed by atoms with Gasteiger partial charge in [-0.3, -0.25) is 4.68 Å². The maximum atomic E-state index is 12.0. The van der Waals surface area contributed by atoms with Crippen LogP contribution in [0.25, 0.3) is 0 Å². The fourth-order valence-corrected chi connectivity index (χ4v) is 3.61. The third-order valence-electron chi connectivity index (χ3n) is 5.94. The summed E-state index contributed by atoms with van der Waals surface area (Å²) in [7, 11) is -0.385. The summed E-state index contributed by atoms with van der Waals surface area (Å²) < 4.78 is 19.6. The fourth-order valence-electron chi connectivity index (χ4n) is 3.61. The third-order valence-corrected chi connectivity index (χ3v) is 5.94. The first kappa shape index (κ1) is 25.1. The normalized spacial score (nSPS) is 25.3. The molecule has 1 aromatic heterocycles. The number of carbonyl (C=O) groups excluding carboxylic acids is 1. The molecule has 170 valence electrons. The van der Waals surface area contributed by atoms with Crippen LogP contribution < -0.4 is 10.8 Å². The molecule has 3 rings (SSSR count). The van der Waals surface area contributed by atoms with Crippen molar-refractivity contribution in [2.75, 3.05) is 6.26 Å². The number of carbonyl (C=O) groups is 1. The zero-order valence-electron chi connectivity index (χ0n) is 19.7. The number of hydrogen-bond donors (Lipinski definition) is 2. The summed E-state index contributed by atoms with van der Waals surface area (Å²) >= 11 is 3.53. The van der Waals surface area contributed by atoms with Crippen LogP contribution >= 0.6 is 12.6 Å². The molecule has 0 bridgehead atoms. The van der Waals surface area contributed by atoms with E-state index in [0.717, 1.165) is 31.1 Å². The van der Waals surface area contributed by atoms with E-state index in [2.05, 4.69) is 50.7 Å². The monoisotopic (exact) mass is 439 g/mol. The number of nitrogens with one attached hydrogen (secondary N) is 1. The van der Waals surface area contributed by atoms with Crippen LogP contribution in [0.1, 0.15) is 80.2 Å². The molecule has 0 spiro atoms. The van der Waals surface area contributed by atoms with Gasteiger partial charge in [0.15, 0.2) is 0 Å². The molecular weight excluding hydrogens is 401 g/mol. The van der Waals surface area contributed by atoms with Gasteiger partial charge in [-0.2, -0.15) is 17.7 Å². The van der Waals surface area contributed by atoms with E-state index in [1.807, 2.05) is 37.8 Å². The summed E-state index contributed by atoms with van der Waals surface area (Å²) in [6.45, 7) is 13.8. The number of rotatable bonds is 3. The van der Waals surface area contributed by atoms with Crippen molar-refractivity contribution in [1.82, 2.24) is 15.1 Å². The van der Waals surface area contributed by atoms with E-state index in [-0.39, 0.29) is 30.5 Å². The topological polar surface area (TPSA) is 74.6 Å². The molecule has 9 heteroatoms. The minimum atomic E-state index is -0.472. The van der Waals surface area contributed by atoms with Crippen LogP contribution in [-0.2, 0) is 14.0 Å². The number of hydrogen-bond acceptors (Lipinski definition) is 6. The highest BCUT2D eigenvalue weighted by molar-refractivity contribution is 7.79. The molecule has 0 aromatic carbocycles. The van der Waals surface area contributed by atoms with Gasteiger partial charge in [0.2, 0.25) is 0 Å². The molecule has 1 aliphatic carbocycles. The summed E-state index contributed by atoms with van der Waals surface area (Å²) in [5.41, 5.74) is -0.232. The Morgan fingerprint density at radius 2 is 1.70 bits per heavy atom. The molecule has 2 aliphatic rings. The van der Waals surface area contributed by atoms with Gasteiger partial charge in [0.25, 0.3) is 0 Å². The second-order valence-electron chi connectivity index (χ2n) is 9.99. The molecule has 7 nitrogen and oxygen atoms in total. The smallest absolute Gasteiger partial charge is 0.444 e. The lowest BCUT2D eigenvalue weighted by atomic mass is 9.82. The SMILES string of the molecule is CC(C)(C)OC(=O)NC1CCC(n2cc(B3OC(C)(C)C(C)(C)O3)cn2)CC1.CS. The molecule has 1 saturated carbocycles. The van der Waals surface area contributed by atoms with Crippen LogP contribution in [0.4, 0.5) is 4.79 Å². The van der Waals surface area contributed by atoms with E-state index in [9.17, 15) is 4.79 Å². The predicted molar refractivity (Wildman–Crippen MR) is 124 cm³/mol. The van der Waals surface area contributed by atoms with Crippen LogP contribution in [0.5, 0.6) is 0 Å². The molecule has 2 heterocycles. The number of aromatic nitrogens is 2. The van der Waals surface area contributed by atoms with Crippen molar-refractivity contribution in [3.8, 4) is 0 Å². The average Bonchev–Trinajstić information content (AvgIpc) is 3.19. The van der Waals surface area contributed by atoms with Crippen molar-refractivity contribution in [3.05, 3.63) is 12.4 Å². The van der Waals surface area contributed by atoms with Crippen LogP contribution in [0.2, 0.25) is 0 Å². The molecular formula is C21H38BN3O4S. The standard InChI is InChI=1S/C20H34BN3O4.CH4S/c1-18(2,3)26-17(25)23-15-8-10-16(11-9-15)24-13-14(12-22-24)21-27-19(4,5)20(6,7)28-21;1-2/h12-13,15-16H,8-11H2,1-7H3,(H,23,25);2H,1H3. The van der Waals surface area contributed by atoms with E-state index >= 15 is 0 Å². The van der Waals surface area contributed by atoms with Gasteiger partial charge in [-0.15, -0.1) is 0 Å². The third kappa shape index (κ3) is 6.17. The average molecular weight is 439 g/mol. The number of amides is 1. The molecule has 0 unspecified atom stereocenters. The van der Waals surface area contributed by atoms with Gasteiger partial charge in [-0.1, -0.05) is 0 Å². The Bertz CT molecular complexity index is 693. The van der Waals surface area contributed by atoms with Crippen LogP contribution in [0, 0.1) is 0 Å². The minimum absolute atomic E-state index is 0.157. The molecule has 1 saturated heterocycles. The Kier molecular flexibility index (Phi) is 7.97. The maximum Gasteiger partial charge on any atom is 0.498 e. The molecule has 2 fully saturated rings. The Labute approximate surface area is 187 Å². The molecule has 1 aromatic rings. The largest absolute Gasteiger partial charge is 0.498 e. The van der Waals surface area contributed by atoms with E-state index < -0.39 is 5.60 Å². The summed E-state index contributed by atoms with van der Waals surface area (Å²) in [5, 5.41) is 7.54. The van der Waals surface area contributed by atoms with Crippen LogP contribution in [0.15, 0.2) is 12.4 Å². The number of nitrogens with zero attached hydrogens (tertiary/aromatic N) is 2. The number of alkyl carbamates (subject to hydrolysis) is 1. The summed E-state index contributed by atoms with van der Waals surface area (Å²) in [6, 6.07) is 0.483. The predicted octanol–water partition coefficient (Wildman–Crippen LogP) is 3.74. The van der Waals surface area contributed by atoms with Gasteiger partial charge >= 0.3 is 13.2 Å². The van der Waals surface area contributed by atoms with Crippen molar-refractivity contribution in [2.45, 2.75) is 103 Å². The van der Waals surface area contributed by atoms with Crippen molar-refractivity contribution in [1.29, 1.82) is 0 Å². The van der Waals surface area contributed by atoms with Gasteiger partial charge in [-0.05, 0) is 80.4 Å². The van der Waals surface area contributed by atoms with E-state index in [1.165, 1.54) is 0 Å². The van der Waals surface area contributed by atoms with E-state index in [0.29, 0.717) is 6.04 Å². The molecule has 30 heavy (non-hydrogen) atoms. The maximum absolute atomic E-state index is 12.0. The Hall–Kier alpha value is -1.19. The lowest BCUT2D eigenvalue weighted by Crippen LogP contribution is -2.41. The van der Waals surface area contributed by atoms with Crippen molar-refractivity contribution < 1.29 is 18.8 Å². The van der Waals surface area contributed by atoms with Crippen molar-refractivity contribution in [2.24, 2.45) is 0 Å². The van der Waals surface area contributed by atoms with Gasteiger partial charge in [0.05, 0.1) is 17.2 Å². The Balaban J connectivity index is 0.00000155. The van der Waals surface area contributed by atoms with Gasteiger partial charge < -0.3 is 19.4 Å². The first-order valence-electron chi connectivity index (χ1n) is 10.7. The van der Waals surface area contributed by atoms with Gasteiger partial charge in [-0.25, -0.2) is 4.79 Å². The Morgan fingerprint density at radius 3 is 2.20 bits per heavy atom. The summed E-state index contributed by atoms with van der Waals surface area (Å²) in [6.07, 6.45) is 8.99. The number of ether oxygens (including phenoxy) is 1. The zero-order chi connectivity index (χ0) is 22.7. The fraction of sp³-hybridized carbons (Fsp3) is 0.810. The zero-order valence-corrected chi connectivity index (χ0v) is 20.6. The second-order valence-corrected chi connectivity index (χ2v) is 9.99. The van der Waals surface area contributed by atoms with Gasteiger partial charge in [0, 0.05) is 23.9 Å². The van der Waals surface area contributed by atoms with Crippen LogP contribution in [0.3, 0.4) is 0 Å². The second kappa shape index (κ2) is 9.53.